The van der Waals surface area contributed by atoms with Gasteiger partial charge in [0.25, 0.3) is 0 Å². The Hall–Kier alpha value is -1.42. The lowest BCUT2D eigenvalue weighted by atomic mass is 10.3. The molecule has 0 aliphatic rings. The van der Waals surface area contributed by atoms with Crippen molar-refractivity contribution >= 4 is 5.65 Å². The Labute approximate surface area is 63.1 Å². The van der Waals surface area contributed by atoms with Crippen LogP contribution in [-0.2, 0) is 11.7 Å². The minimum Gasteiger partial charge on any atom is -0.235 e. The summed E-state index contributed by atoms with van der Waals surface area (Å²) in [7, 11) is 0. The van der Waals surface area contributed by atoms with Crippen LogP contribution in [0.2, 0.25) is 0 Å². The number of hydrogen-bond acceptors (Lipinski definition) is 2. The van der Waals surface area contributed by atoms with E-state index in [1.807, 2.05) is 0 Å². The highest BCUT2D eigenvalue weighted by Gasteiger charge is 2.00. The largest absolute Gasteiger partial charge is 0.235 e. The zero-order chi connectivity index (χ0) is 7.68. The summed E-state index contributed by atoms with van der Waals surface area (Å²) < 4.78 is 1.59. The first-order valence-electron chi connectivity index (χ1n) is 3.27. The van der Waals surface area contributed by atoms with Crippen molar-refractivity contribution in [3.8, 4) is 0 Å². The predicted octanol–water partition coefficient (Wildman–Crippen LogP) is 0.660. The summed E-state index contributed by atoms with van der Waals surface area (Å²) in [6, 6.07) is 1.69. The Morgan fingerprint density at radius 3 is 3.18 bits per heavy atom. The smallest absolute Gasteiger partial charge is 0.159 e. The van der Waals surface area contributed by atoms with E-state index in [2.05, 4.69) is 10.1 Å². The van der Waals surface area contributed by atoms with Crippen LogP contribution in [0.4, 0.5) is 0 Å². The molecule has 4 nitrogen and oxygen atoms in total. The molecule has 0 aliphatic heterocycles. The van der Waals surface area contributed by atoms with E-state index < -0.39 is 0 Å². The van der Waals surface area contributed by atoms with Gasteiger partial charge < -0.3 is 0 Å². The van der Waals surface area contributed by atoms with Crippen LogP contribution in [0, 0.1) is 0 Å². The molecule has 0 saturated heterocycles. The molecule has 0 spiro atoms. The molecule has 55 valence electrons. The molecule has 4 heteroatoms. The van der Waals surface area contributed by atoms with E-state index in [-0.39, 0.29) is 6.61 Å². The zero-order valence-corrected chi connectivity index (χ0v) is 5.77. The van der Waals surface area contributed by atoms with E-state index >= 15 is 0 Å². The van der Waals surface area contributed by atoms with Gasteiger partial charge in [-0.3, -0.25) is 0 Å². The van der Waals surface area contributed by atoms with Crippen LogP contribution < -0.4 is 0 Å². The SMILES string of the molecule is [O]Cc1ccnn2ccnc12. The third-order valence-electron chi connectivity index (χ3n) is 1.53. The lowest BCUT2D eigenvalue weighted by Crippen LogP contribution is -1.93. The third kappa shape index (κ3) is 0.877. The first kappa shape index (κ1) is 6.30. The highest BCUT2D eigenvalue weighted by Crippen LogP contribution is 2.05. The monoisotopic (exact) mass is 148 g/mol. The van der Waals surface area contributed by atoms with Crippen LogP contribution in [-0.4, -0.2) is 14.6 Å². The van der Waals surface area contributed by atoms with Gasteiger partial charge in [0.05, 0.1) is 0 Å². The van der Waals surface area contributed by atoms with Gasteiger partial charge in [0.1, 0.15) is 6.61 Å². The summed E-state index contributed by atoms with van der Waals surface area (Å²) in [4.78, 5) is 3.99. The highest BCUT2D eigenvalue weighted by atomic mass is 16.3. The second-order valence-corrected chi connectivity index (χ2v) is 2.20. The number of fused-ring (bicyclic) bond motifs is 1. The standard InChI is InChI=1S/C7H6N3O/c11-5-6-1-2-9-10-4-3-8-7(6)10/h1-4H,5H2. The van der Waals surface area contributed by atoms with Gasteiger partial charge in [0.15, 0.2) is 5.65 Å². The Bertz CT molecular complexity index is 368. The van der Waals surface area contributed by atoms with Crippen LogP contribution >= 0.6 is 0 Å². The van der Waals surface area contributed by atoms with Crippen molar-refractivity contribution in [2.24, 2.45) is 0 Å². The molecule has 0 N–H and O–H groups in total. The van der Waals surface area contributed by atoms with Gasteiger partial charge in [-0.05, 0) is 6.07 Å². The molecular weight excluding hydrogens is 142 g/mol. The van der Waals surface area contributed by atoms with Crippen molar-refractivity contribution in [2.75, 3.05) is 0 Å². The maximum absolute atomic E-state index is 10.6. The van der Waals surface area contributed by atoms with E-state index in [4.69, 9.17) is 0 Å². The van der Waals surface area contributed by atoms with Crippen LogP contribution in [0.5, 0.6) is 0 Å². The topological polar surface area (TPSA) is 50.1 Å². The van der Waals surface area contributed by atoms with Crippen molar-refractivity contribution in [1.29, 1.82) is 0 Å². The number of imidazole rings is 1. The molecule has 0 saturated carbocycles. The molecule has 0 bridgehead atoms. The van der Waals surface area contributed by atoms with E-state index in [0.29, 0.717) is 11.2 Å². The van der Waals surface area contributed by atoms with Crippen molar-refractivity contribution in [2.45, 2.75) is 6.61 Å². The Morgan fingerprint density at radius 1 is 1.45 bits per heavy atom. The Balaban J connectivity index is 2.79. The second kappa shape index (κ2) is 2.32. The molecule has 0 fully saturated rings. The molecule has 11 heavy (non-hydrogen) atoms. The minimum atomic E-state index is -0.247. The summed E-state index contributed by atoms with van der Waals surface area (Å²) in [5.74, 6) is 0. The minimum absolute atomic E-state index is 0.247. The number of aromatic nitrogens is 3. The Kier molecular flexibility index (Phi) is 1.33. The van der Waals surface area contributed by atoms with Gasteiger partial charge in [0, 0.05) is 24.2 Å². The van der Waals surface area contributed by atoms with E-state index in [1.54, 1.807) is 29.2 Å². The summed E-state index contributed by atoms with van der Waals surface area (Å²) in [5, 5.41) is 14.5. The summed E-state index contributed by atoms with van der Waals surface area (Å²) in [6.45, 7) is -0.247. The lowest BCUT2D eigenvalue weighted by molar-refractivity contribution is 0.178. The summed E-state index contributed by atoms with van der Waals surface area (Å²) in [6.07, 6.45) is 4.94. The van der Waals surface area contributed by atoms with Crippen LogP contribution in [0.25, 0.3) is 5.65 Å². The maximum Gasteiger partial charge on any atom is 0.159 e. The van der Waals surface area contributed by atoms with Gasteiger partial charge in [-0.2, -0.15) is 5.10 Å². The van der Waals surface area contributed by atoms with Crippen LogP contribution in [0.15, 0.2) is 24.7 Å². The molecule has 2 heterocycles. The lowest BCUT2D eigenvalue weighted by Gasteiger charge is -1.95. The fourth-order valence-corrected chi connectivity index (χ4v) is 1.00. The van der Waals surface area contributed by atoms with Crippen LogP contribution in [0.1, 0.15) is 5.56 Å². The van der Waals surface area contributed by atoms with Gasteiger partial charge in [-0.15, -0.1) is 0 Å². The molecule has 1 radical (unpaired) electrons. The first-order chi connectivity index (χ1) is 5.42. The van der Waals surface area contributed by atoms with E-state index in [0.717, 1.165) is 0 Å². The number of rotatable bonds is 1. The maximum atomic E-state index is 10.6. The Morgan fingerprint density at radius 2 is 2.36 bits per heavy atom. The van der Waals surface area contributed by atoms with Gasteiger partial charge >= 0.3 is 0 Å². The van der Waals surface area contributed by atoms with Gasteiger partial charge in [0.2, 0.25) is 0 Å². The van der Waals surface area contributed by atoms with E-state index in [9.17, 15) is 5.11 Å². The predicted molar refractivity (Wildman–Crippen MR) is 37.4 cm³/mol. The van der Waals surface area contributed by atoms with Crippen molar-refractivity contribution in [3.63, 3.8) is 0 Å². The summed E-state index contributed by atoms with van der Waals surface area (Å²) in [5.41, 5.74) is 1.34. The quantitative estimate of drug-likeness (QED) is 0.596. The molecule has 2 aromatic heterocycles. The molecular formula is C7H6N3O. The first-order valence-corrected chi connectivity index (χ1v) is 3.27. The molecule has 0 unspecified atom stereocenters. The number of nitrogens with zero attached hydrogens (tertiary/aromatic N) is 3. The zero-order valence-electron chi connectivity index (χ0n) is 5.77. The van der Waals surface area contributed by atoms with E-state index in [1.165, 1.54) is 0 Å². The van der Waals surface area contributed by atoms with Gasteiger partial charge in [-0.25, -0.2) is 14.6 Å². The molecule has 0 aromatic carbocycles. The third-order valence-corrected chi connectivity index (χ3v) is 1.53. The fraction of sp³-hybridized carbons (Fsp3) is 0.143. The van der Waals surface area contributed by atoms with Gasteiger partial charge in [-0.1, -0.05) is 0 Å². The molecule has 0 atom stereocenters. The van der Waals surface area contributed by atoms with Crippen molar-refractivity contribution in [3.05, 3.63) is 30.2 Å². The molecule has 0 aliphatic carbocycles. The molecule has 2 rings (SSSR count). The highest BCUT2D eigenvalue weighted by molar-refractivity contribution is 5.45. The second-order valence-electron chi connectivity index (χ2n) is 2.20. The summed E-state index contributed by atoms with van der Waals surface area (Å²) >= 11 is 0. The fourth-order valence-electron chi connectivity index (χ4n) is 1.00. The van der Waals surface area contributed by atoms with Crippen LogP contribution in [0.3, 0.4) is 0 Å². The molecule has 2 aromatic rings. The average molecular weight is 148 g/mol. The number of hydrogen-bond donors (Lipinski definition) is 0. The molecule has 0 amide bonds. The normalized spacial score (nSPS) is 10.6. The van der Waals surface area contributed by atoms with Crippen molar-refractivity contribution < 1.29 is 5.11 Å². The average Bonchev–Trinajstić information content (AvgIpc) is 2.50. The van der Waals surface area contributed by atoms with Crippen molar-refractivity contribution in [1.82, 2.24) is 14.6 Å².